The van der Waals surface area contributed by atoms with Crippen LogP contribution in [-0.2, 0) is 4.79 Å². The van der Waals surface area contributed by atoms with Crippen LogP contribution >= 0.6 is 0 Å². The van der Waals surface area contributed by atoms with Crippen molar-refractivity contribution < 1.29 is 18.7 Å². The quantitative estimate of drug-likeness (QED) is 0.111. The normalized spacial score (nSPS) is 33.1. The van der Waals surface area contributed by atoms with Crippen molar-refractivity contribution >= 4 is 5.97 Å². The van der Waals surface area contributed by atoms with Crippen LogP contribution in [0.1, 0.15) is 252 Å². The van der Waals surface area contributed by atoms with Crippen LogP contribution in [0.25, 0.3) is 0 Å². The summed E-state index contributed by atoms with van der Waals surface area (Å²) in [4.78, 5) is 13.3. The van der Waals surface area contributed by atoms with Crippen molar-refractivity contribution in [1.29, 1.82) is 0 Å². The van der Waals surface area contributed by atoms with Gasteiger partial charge in [0.1, 0.15) is 12.3 Å². The second-order valence-corrected chi connectivity index (χ2v) is 21.2. The molecule has 5 rings (SSSR count). The summed E-state index contributed by atoms with van der Waals surface area (Å²) in [6.07, 6.45) is 37.7. The molecule has 5 aliphatic carbocycles. The van der Waals surface area contributed by atoms with Gasteiger partial charge in [0.15, 0.2) is 0 Å². The van der Waals surface area contributed by atoms with Gasteiger partial charge in [-0.2, -0.15) is 0 Å². The third kappa shape index (κ3) is 12.0. The molecule has 55 heavy (non-hydrogen) atoms. The van der Waals surface area contributed by atoms with E-state index in [9.17, 15) is 9.90 Å². The minimum Gasteiger partial charge on any atom is -0.481 e. The summed E-state index contributed by atoms with van der Waals surface area (Å²) in [5.41, 5.74) is -1.24. The summed E-state index contributed by atoms with van der Waals surface area (Å²) in [6.45, 7) is 6.82. The summed E-state index contributed by atoms with van der Waals surface area (Å²) in [6, 6.07) is 0. The third-order valence-corrected chi connectivity index (χ3v) is 17.8. The average molecular weight is 773 g/mol. The first-order chi connectivity index (χ1) is 26.7. The fraction of sp³-hybridized carbons (Fsp3) is 0.980. The van der Waals surface area contributed by atoms with E-state index < -0.39 is 23.7 Å². The van der Waals surface area contributed by atoms with Gasteiger partial charge >= 0.3 is 5.97 Å². The van der Waals surface area contributed by atoms with Crippen molar-refractivity contribution in [2.24, 2.45) is 51.8 Å². The van der Waals surface area contributed by atoms with Crippen molar-refractivity contribution in [2.45, 2.75) is 264 Å². The van der Waals surface area contributed by atoms with Crippen LogP contribution < -0.4 is 0 Å². The summed E-state index contributed by atoms with van der Waals surface area (Å²) < 4.78 is 35.1. The molecule has 0 aromatic heterocycles. The maximum Gasteiger partial charge on any atom is 0.309 e. The molecule has 0 saturated heterocycles. The number of alkyl halides is 2. The van der Waals surface area contributed by atoms with Gasteiger partial charge in [0.25, 0.3) is 0 Å². The summed E-state index contributed by atoms with van der Waals surface area (Å²) in [5.74, 6) is 2.50. The molecule has 0 aromatic rings. The topological polar surface area (TPSA) is 37.3 Å². The number of carboxylic acids is 1. The largest absolute Gasteiger partial charge is 0.481 e. The number of rotatable bonds is 22. The van der Waals surface area contributed by atoms with Gasteiger partial charge < -0.3 is 5.11 Å². The first-order valence-electron chi connectivity index (χ1n) is 25.2. The molecule has 0 spiro atoms. The maximum absolute atomic E-state index is 17.7. The summed E-state index contributed by atoms with van der Waals surface area (Å²) in [5, 5.41) is 10.9. The van der Waals surface area contributed by atoms with Gasteiger partial charge in [-0.1, -0.05) is 149 Å². The number of carbonyl (C=O) groups is 1. The Morgan fingerprint density at radius 1 is 0.545 bits per heavy atom. The number of halogens is 2. The Labute approximate surface area is 339 Å². The summed E-state index contributed by atoms with van der Waals surface area (Å²) in [7, 11) is 0. The van der Waals surface area contributed by atoms with E-state index in [-0.39, 0.29) is 16.7 Å². The van der Waals surface area contributed by atoms with Gasteiger partial charge in [-0.05, 0) is 138 Å². The lowest BCUT2D eigenvalue weighted by molar-refractivity contribution is -0.153. The molecular weight excluding hydrogens is 683 g/mol. The van der Waals surface area contributed by atoms with Gasteiger partial charge in [0, 0.05) is 10.8 Å². The minimum absolute atomic E-state index is 0.0498. The molecule has 5 fully saturated rings. The van der Waals surface area contributed by atoms with Crippen LogP contribution in [-0.4, -0.2) is 23.4 Å². The molecule has 2 nitrogen and oxygen atoms in total. The lowest BCUT2D eigenvalue weighted by atomic mass is 9.56. The van der Waals surface area contributed by atoms with Gasteiger partial charge in [-0.25, -0.2) is 8.78 Å². The Hall–Kier alpha value is -0.670. The molecule has 320 valence electrons. The Balaban J connectivity index is 1.32. The zero-order chi connectivity index (χ0) is 39.2. The van der Waals surface area contributed by atoms with Crippen LogP contribution in [0.3, 0.4) is 0 Å². The minimum atomic E-state index is -0.897. The van der Waals surface area contributed by atoms with Crippen LogP contribution in [0.4, 0.5) is 8.78 Å². The molecule has 0 amide bonds. The molecule has 3 atom stereocenters. The van der Waals surface area contributed by atoms with Crippen LogP contribution in [0.15, 0.2) is 0 Å². The molecule has 5 aliphatic rings. The SMILES string of the molecule is CCCCCC1CCC(C2(C(F)CCC(CC(F)C3(C4CCC(CCCCC)CC4)CCCCC3)CC3(C(=O)O)CCC(CCC)CC3)CCCCC2)CC1. The van der Waals surface area contributed by atoms with E-state index in [4.69, 9.17) is 0 Å². The highest BCUT2D eigenvalue weighted by Gasteiger charge is 2.51. The lowest BCUT2D eigenvalue weighted by Gasteiger charge is -2.50. The van der Waals surface area contributed by atoms with Gasteiger partial charge in [-0.3, -0.25) is 4.79 Å². The van der Waals surface area contributed by atoms with Gasteiger partial charge in [-0.15, -0.1) is 0 Å². The second kappa shape index (κ2) is 22.6. The molecule has 3 unspecified atom stereocenters. The Bertz CT molecular complexity index is 1050. The van der Waals surface area contributed by atoms with Crippen LogP contribution in [0.5, 0.6) is 0 Å². The predicted octanol–water partition coefficient (Wildman–Crippen LogP) is 16.6. The third-order valence-electron chi connectivity index (χ3n) is 17.8. The molecule has 1 N–H and O–H groups in total. The lowest BCUT2D eigenvalue weighted by Crippen LogP contribution is -2.45. The molecular formula is C51H90F2O2. The zero-order valence-corrected chi connectivity index (χ0v) is 36.7. The fourth-order valence-electron chi connectivity index (χ4n) is 14.3. The van der Waals surface area contributed by atoms with Crippen molar-refractivity contribution in [1.82, 2.24) is 0 Å². The highest BCUT2D eigenvalue weighted by Crippen LogP contribution is 2.57. The number of hydrogen-bond acceptors (Lipinski definition) is 1. The highest BCUT2D eigenvalue weighted by atomic mass is 19.1. The van der Waals surface area contributed by atoms with Crippen LogP contribution in [0.2, 0.25) is 0 Å². The smallest absolute Gasteiger partial charge is 0.309 e. The molecule has 0 aliphatic heterocycles. The van der Waals surface area contributed by atoms with E-state index in [1.807, 2.05) is 0 Å². The molecule has 0 radical (unpaired) electrons. The summed E-state index contributed by atoms with van der Waals surface area (Å²) >= 11 is 0. The van der Waals surface area contributed by atoms with E-state index in [0.717, 1.165) is 95.3 Å². The number of unbranched alkanes of at least 4 members (excludes halogenated alkanes) is 4. The second-order valence-electron chi connectivity index (χ2n) is 21.2. The van der Waals surface area contributed by atoms with E-state index in [1.54, 1.807) is 0 Å². The van der Waals surface area contributed by atoms with Crippen molar-refractivity contribution in [3.63, 3.8) is 0 Å². The molecule has 5 saturated carbocycles. The molecule has 4 heteroatoms. The van der Waals surface area contributed by atoms with Gasteiger partial charge in [0.05, 0.1) is 5.41 Å². The van der Waals surface area contributed by atoms with E-state index in [1.165, 1.54) is 122 Å². The van der Waals surface area contributed by atoms with E-state index in [2.05, 4.69) is 20.8 Å². The Morgan fingerprint density at radius 3 is 1.44 bits per heavy atom. The molecule has 0 aromatic carbocycles. The zero-order valence-electron chi connectivity index (χ0n) is 36.7. The van der Waals surface area contributed by atoms with Gasteiger partial charge in [0.2, 0.25) is 0 Å². The maximum atomic E-state index is 17.7. The van der Waals surface area contributed by atoms with Crippen molar-refractivity contribution in [3.8, 4) is 0 Å². The first kappa shape index (κ1) is 45.4. The monoisotopic (exact) mass is 773 g/mol. The molecule has 0 heterocycles. The molecule has 0 bridgehead atoms. The Kier molecular flexibility index (Phi) is 18.7. The number of aliphatic carboxylic acids is 1. The number of hydrogen-bond donors (Lipinski definition) is 1. The standard InChI is InChI=1S/C51H90F2O2/c1-4-7-11-18-41-20-25-44(26-21-41)50(32-13-9-14-33-50)46(52)29-24-43(39-49(48(54)55)36-30-40(17-6-3)31-37-49)38-47(53)51(34-15-10-16-35-51)45-27-22-42(23-28-45)19-12-8-5-2/h40-47H,4-39H2,1-3H3,(H,54,55). The van der Waals surface area contributed by atoms with Crippen molar-refractivity contribution in [3.05, 3.63) is 0 Å². The first-order valence-corrected chi connectivity index (χ1v) is 25.2. The van der Waals surface area contributed by atoms with Crippen molar-refractivity contribution in [2.75, 3.05) is 0 Å². The fourth-order valence-corrected chi connectivity index (χ4v) is 14.3. The van der Waals surface area contributed by atoms with E-state index >= 15 is 8.78 Å². The predicted molar refractivity (Wildman–Crippen MR) is 229 cm³/mol. The van der Waals surface area contributed by atoms with E-state index in [0.29, 0.717) is 43.4 Å². The van der Waals surface area contributed by atoms with Crippen LogP contribution in [0, 0.1) is 51.8 Å². The number of carboxylic acid groups (broad SMARTS) is 1. The Morgan fingerprint density at radius 2 is 1.00 bits per heavy atom. The average Bonchev–Trinajstić information content (AvgIpc) is 3.21. The highest BCUT2D eigenvalue weighted by molar-refractivity contribution is 5.74.